The maximum absolute atomic E-state index is 6.08. The molecular formula is C20H18NOS+. The standard InChI is InChI=1S/C20H18NOS/c1-3-21-17-9-5-7-11-19(17)23-20(21)13-15-12-14(2)16-8-4-6-10-18(16)22-15/h4-13H,3H2,1-2H3/q+1/b15-13+. The van der Waals surface area contributed by atoms with E-state index >= 15 is 0 Å². The highest BCUT2D eigenvalue weighted by Crippen LogP contribution is 2.33. The fourth-order valence-electron chi connectivity index (χ4n) is 3.01. The van der Waals surface area contributed by atoms with Crippen LogP contribution in [0.1, 0.15) is 24.4 Å². The molecule has 0 atom stereocenters. The fraction of sp³-hybridized carbons (Fsp3) is 0.150. The molecule has 0 saturated carbocycles. The number of hydrogen-bond donors (Lipinski definition) is 0. The van der Waals surface area contributed by atoms with Crippen molar-refractivity contribution in [1.82, 2.24) is 0 Å². The molecule has 2 aromatic carbocycles. The van der Waals surface area contributed by atoms with E-state index in [2.05, 4.69) is 60.9 Å². The topological polar surface area (TPSA) is 13.1 Å². The maximum atomic E-state index is 6.08. The van der Waals surface area contributed by atoms with E-state index in [-0.39, 0.29) is 0 Å². The number of benzene rings is 2. The van der Waals surface area contributed by atoms with Crippen LogP contribution >= 0.6 is 11.3 Å². The predicted molar refractivity (Wildman–Crippen MR) is 96.4 cm³/mol. The van der Waals surface area contributed by atoms with Gasteiger partial charge in [0.2, 0.25) is 5.52 Å². The van der Waals surface area contributed by atoms with Crippen LogP contribution in [0.15, 0.2) is 60.4 Å². The largest absolute Gasteiger partial charge is 0.456 e. The molecule has 0 fully saturated rings. The average molecular weight is 320 g/mol. The van der Waals surface area contributed by atoms with Gasteiger partial charge >= 0.3 is 0 Å². The molecule has 0 N–H and O–H groups in total. The Kier molecular flexibility index (Phi) is 3.50. The Hall–Kier alpha value is -2.39. The average Bonchev–Trinajstić information content (AvgIpc) is 2.92. The van der Waals surface area contributed by atoms with Gasteiger partial charge < -0.3 is 4.74 Å². The van der Waals surface area contributed by atoms with Crippen LogP contribution in [0.5, 0.6) is 5.75 Å². The van der Waals surface area contributed by atoms with E-state index in [0.29, 0.717) is 0 Å². The zero-order valence-electron chi connectivity index (χ0n) is 13.2. The van der Waals surface area contributed by atoms with Crippen molar-refractivity contribution in [2.45, 2.75) is 20.4 Å². The quantitative estimate of drug-likeness (QED) is 0.603. The number of aromatic nitrogens is 1. The number of thiazole rings is 1. The van der Waals surface area contributed by atoms with E-state index in [1.54, 1.807) is 11.3 Å². The summed E-state index contributed by atoms with van der Waals surface area (Å²) in [6, 6.07) is 16.7. The summed E-state index contributed by atoms with van der Waals surface area (Å²) in [6.45, 7) is 5.26. The van der Waals surface area contributed by atoms with Crippen molar-refractivity contribution in [3.63, 3.8) is 0 Å². The fourth-order valence-corrected chi connectivity index (χ4v) is 4.18. The van der Waals surface area contributed by atoms with Crippen LogP contribution in [-0.2, 0) is 6.54 Å². The summed E-state index contributed by atoms with van der Waals surface area (Å²) in [5, 5.41) is 1.21. The highest BCUT2D eigenvalue weighted by Gasteiger charge is 2.19. The molecule has 0 radical (unpaired) electrons. The number of para-hydroxylation sites is 2. The van der Waals surface area contributed by atoms with Crippen molar-refractivity contribution in [2.75, 3.05) is 0 Å². The Balaban J connectivity index is 1.82. The third-order valence-electron chi connectivity index (χ3n) is 4.12. The second kappa shape index (κ2) is 5.67. The summed E-state index contributed by atoms with van der Waals surface area (Å²) in [5.41, 5.74) is 3.69. The molecule has 2 heterocycles. The van der Waals surface area contributed by atoms with Gasteiger partial charge in [0.25, 0.3) is 5.01 Å². The second-order valence-electron chi connectivity index (χ2n) is 5.62. The van der Waals surface area contributed by atoms with Gasteiger partial charge in [0.15, 0.2) is 0 Å². The molecule has 0 unspecified atom stereocenters. The number of allylic oxidation sites excluding steroid dienone is 2. The zero-order valence-corrected chi connectivity index (χ0v) is 14.1. The number of fused-ring (bicyclic) bond motifs is 2. The van der Waals surface area contributed by atoms with Crippen molar-refractivity contribution in [3.8, 4) is 5.75 Å². The van der Waals surface area contributed by atoms with Crippen molar-refractivity contribution in [2.24, 2.45) is 0 Å². The summed E-state index contributed by atoms with van der Waals surface area (Å²) < 4.78 is 9.72. The van der Waals surface area contributed by atoms with Crippen molar-refractivity contribution in [3.05, 3.63) is 70.9 Å². The molecule has 0 saturated heterocycles. The van der Waals surface area contributed by atoms with Gasteiger partial charge in [-0.1, -0.05) is 41.7 Å². The van der Waals surface area contributed by atoms with Gasteiger partial charge in [0.1, 0.15) is 22.8 Å². The lowest BCUT2D eigenvalue weighted by Gasteiger charge is -2.17. The minimum Gasteiger partial charge on any atom is -0.456 e. The van der Waals surface area contributed by atoms with Crippen LogP contribution < -0.4 is 9.30 Å². The summed E-state index contributed by atoms with van der Waals surface area (Å²) in [4.78, 5) is 0. The molecule has 1 aromatic heterocycles. The van der Waals surface area contributed by atoms with E-state index in [4.69, 9.17) is 4.74 Å². The SMILES string of the molecule is CC[n+]1c(/C=C2\C=C(C)c3ccccc3O2)sc2ccccc21. The predicted octanol–water partition coefficient (Wildman–Crippen LogP) is 5.05. The third kappa shape index (κ3) is 2.47. The monoisotopic (exact) mass is 320 g/mol. The van der Waals surface area contributed by atoms with Crippen molar-refractivity contribution in [1.29, 1.82) is 0 Å². The number of ether oxygens (including phenoxy) is 1. The lowest BCUT2D eigenvalue weighted by Crippen LogP contribution is -2.33. The highest BCUT2D eigenvalue weighted by atomic mass is 32.1. The molecule has 4 rings (SSSR count). The third-order valence-corrected chi connectivity index (χ3v) is 5.23. The van der Waals surface area contributed by atoms with E-state index in [0.717, 1.165) is 18.1 Å². The lowest BCUT2D eigenvalue weighted by molar-refractivity contribution is -0.665. The zero-order chi connectivity index (χ0) is 15.8. The molecule has 1 aliphatic heterocycles. The Morgan fingerprint density at radius 2 is 1.87 bits per heavy atom. The molecule has 3 heteroatoms. The van der Waals surface area contributed by atoms with Crippen LogP contribution in [0.25, 0.3) is 21.9 Å². The molecule has 0 aliphatic carbocycles. The summed E-state index contributed by atoms with van der Waals surface area (Å²) in [5.74, 6) is 1.83. The first-order valence-corrected chi connectivity index (χ1v) is 8.66. The first kappa shape index (κ1) is 14.2. The Morgan fingerprint density at radius 3 is 2.74 bits per heavy atom. The Morgan fingerprint density at radius 1 is 1.09 bits per heavy atom. The Labute approximate surface area is 140 Å². The van der Waals surface area contributed by atoms with Gasteiger partial charge in [-0.3, -0.25) is 0 Å². The van der Waals surface area contributed by atoms with Crippen LogP contribution in [0, 0.1) is 0 Å². The van der Waals surface area contributed by atoms with E-state index in [1.165, 1.54) is 26.4 Å². The first-order chi connectivity index (χ1) is 11.3. The van der Waals surface area contributed by atoms with Crippen molar-refractivity contribution < 1.29 is 9.30 Å². The van der Waals surface area contributed by atoms with Crippen LogP contribution in [0.2, 0.25) is 0 Å². The first-order valence-electron chi connectivity index (χ1n) is 7.85. The number of rotatable bonds is 2. The molecule has 114 valence electrons. The van der Waals surface area contributed by atoms with Crippen LogP contribution in [0.3, 0.4) is 0 Å². The smallest absolute Gasteiger partial charge is 0.266 e. The van der Waals surface area contributed by atoms with E-state index < -0.39 is 0 Å². The number of hydrogen-bond acceptors (Lipinski definition) is 2. The Bertz CT molecular complexity index is 949. The molecule has 1 aliphatic rings. The van der Waals surface area contributed by atoms with E-state index in [1.807, 2.05) is 18.2 Å². The van der Waals surface area contributed by atoms with Gasteiger partial charge in [0, 0.05) is 11.6 Å². The van der Waals surface area contributed by atoms with Crippen LogP contribution in [-0.4, -0.2) is 0 Å². The van der Waals surface area contributed by atoms with Gasteiger partial charge in [-0.25, -0.2) is 0 Å². The van der Waals surface area contributed by atoms with Gasteiger partial charge in [-0.2, -0.15) is 4.57 Å². The van der Waals surface area contributed by atoms with E-state index in [9.17, 15) is 0 Å². The summed E-state index contributed by atoms with van der Waals surface area (Å²) in [7, 11) is 0. The molecule has 0 spiro atoms. The molecule has 3 aromatic rings. The molecule has 0 bridgehead atoms. The maximum Gasteiger partial charge on any atom is 0.266 e. The lowest BCUT2D eigenvalue weighted by atomic mass is 10.0. The summed E-state index contributed by atoms with van der Waals surface area (Å²) in [6.07, 6.45) is 4.26. The number of nitrogens with zero attached hydrogens (tertiary/aromatic N) is 1. The van der Waals surface area contributed by atoms with Crippen LogP contribution in [0.4, 0.5) is 0 Å². The normalized spacial score (nSPS) is 15.4. The van der Waals surface area contributed by atoms with Gasteiger partial charge in [-0.15, -0.1) is 0 Å². The van der Waals surface area contributed by atoms with Gasteiger partial charge in [0.05, 0.1) is 6.08 Å². The molecular weight excluding hydrogens is 302 g/mol. The molecule has 23 heavy (non-hydrogen) atoms. The number of aryl methyl sites for hydroxylation is 1. The minimum absolute atomic E-state index is 0.898. The van der Waals surface area contributed by atoms with Gasteiger partial charge in [-0.05, 0) is 37.6 Å². The molecule has 2 nitrogen and oxygen atoms in total. The summed E-state index contributed by atoms with van der Waals surface area (Å²) >= 11 is 1.80. The minimum atomic E-state index is 0.898. The second-order valence-corrected chi connectivity index (χ2v) is 6.69. The van der Waals surface area contributed by atoms with Crippen molar-refractivity contribution >= 4 is 33.2 Å². The highest BCUT2D eigenvalue weighted by molar-refractivity contribution is 7.18. The molecule has 0 amide bonds.